The first-order valence-electron chi connectivity index (χ1n) is 8.30. The van der Waals surface area contributed by atoms with Crippen LogP contribution in [-0.4, -0.2) is 18.4 Å². The van der Waals surface area contributed by atoms with Crippen molar-refractivity contribution in [1.29, 1.82) is 0 Å². The molecule has 2 amide bonds. The fourth-order valence-electron chi connectivity index (χ4n) is 1.82. The van der Waals surface area contributed by atoms with E-state index in [2.05, 4.69) is 10.6 Å². The van der Waals surface area contributed by atoms with Crippen molar-refractivity contribution in [2.45, 2.75) is 54.6 Å². The van der Waals surface area contributed by atoms with Crippen LogP contribution in [0.3, 0.4) is 0 Å². The molecule has 2 N–H and O–H groups in total. The highest BCUT2D eigenvalue weighted by atomic mass is 16.5. The smallest absolute Gasteiger partial charge is 0.227 e. The van der Waals surface area contributed by atoms with Crippen LogP contribution < -0.4 is 15.4 Å². The zero-order valence-electron chi connectivity index (χ0n) is 15.8. The SMILES string of the molecule is CCOc1ccc(C(NC(=O)C(C)(C)C)NC(=O)C(C)(C)C)cc1. The molecule has 1 aromatic carbocycles. The third-order valence-corrected chi connectivity index (χ3v) is 3.44. The molecule has 5 nitrogen and oxygen atoms in total. The fraction of sp³-hybridized carbons (Fsp3) is 0.579. The zero-order valence-corrected chi connectivity index (χ0v) is 15.8. The predicted molar refractivity (Wildman–Crippen MR) is 95.5 cm³/mol. The van der Waals surface area contributed by atoms with E-state index in [0.29, 0.717) is 6.61 Å². The monoisotopic (exact) mass is 334 g/mol. The topological polar surface area (TPSA) is 67.4 Å². The first kappa shape index (κ1) is 20.0. The summed E-state index contributed by atoms with van der Waals surface area (Å²) in [5.41, 5.74) is -0.292. The van der Waals surface area contributed by atoms with E-state index in [1.165, 1.54) is 0 Å². The Labute approximate surface area is 145 Å². The summed E-state index contributed by atoms with van der Waals surface area (Å²) in [4.78, 5) is 24.7. The molecule has 0 saturated heterocycles. The summed E-state index contributed by atoms with van der Waals surface area (Å²) < 4.78 is 5.44. The van der Waals surface area contributed by atoms with Gasteiger partial charge in [-0.2, -0.15) is 0 Å². The normalized spacial score (nSPS) is 12.0. The van der Waals surface area contributed by atoms with Crippen molar-refractivity contribution >= 4 is 11.8 Å². The molecule has 0 saturated carbocycles. The Morgan fingerprint density at radius 1 is 0.917 bits per heavy atom. The van der Waals surface area contributed by atoms with Gasteiger partial charge in [-0.1, -0.05) is 53.7 Å². The van der Waals surface area contributed by atoms with Crippen LogP contribution in [0.25, 0.3) is 0 Å². The van der Waals surface area contributed by atoms with Crippen LogP contribution in [-0.2, 0) is 9.59 Å². The van der Waals surface area contributed by atoms with Crippen LogP contribution in [0.4, 0.5) is 0 Å². The maximum atomic E-state index is 12.4. The molecular weight excluding hydrogens is 304 g/mol. The molecule has 0 unspecified atom stereocenters. The van der Waals surface area contributed by atoms with Crippen LogP contribution in [0.1, 0.15) is 60.2 Å². The number of carbonyl (C=O) groups excluding carboxylic acids is 2. The van der Waals surface area contributed by atoms with Crippen LogP contribution in [0.2, 0.25) is 0 Å². The van der Waals surface area contributed by atoms with E-state index in [9.17, 15) is 9.59 Å². The highest BCUT2D eigenvalue weighted by Gasteiger charge is 2.28. The minimum absolute atomic E-state index is 0.129. The lowest BCUT2D eigenvalue weighted by Crippen LogP contribution is -2.47. The molecule has 0 bridgehead atoms. The van der Waals surface area contributed by atoms with Crippen molar-refractivity contribution in [1.82, 2.24) is 10.6 Å². The lowest BCUT2D eigenvalue weighted by molar-refractivity contribution is -0.132. The van der Waals surface area contributed by atoms with Crippen molar-refractivity contribution in [3.05, 3.63) is 29.8 Å². The molecule has 0 aromatic heterocycles. The van der Waals surface area contributed by atoms with Gasteiger partial charge in [-0.05, 0) is 24.6 Å². The molecule has 0 fully saturated rings. The van der Waals surface area contributed by atoms with E-state index in [1.807, 2.05) is 72.7 Å². The Morgan fingerprint density at radius 2 is 1.33 bits per heavy atom. The second-order valence-corrected chi connectivity index (χ2v) is 7.88. The van der Waals surface area contributed by atoms with Crippen LogP contribution >= 0.6 is 0 Å². The number of hydrogen-bond donors (Lipinski definition) is 2. The Morgan fingerprint density at radius 3 is 1.67 bits per heavy atom. The molecule has 0 aliphatic rings. The van der Waals surface area contributed by atoms with Gasteiger partial charge in [0, 0.05) is 10.8 Å². The second kappa shape index (κ2) is 7.69. The van der Waals surface area contributed by atoms with Gasteiger partial charge < -0.3 is 15.4 Å². The second-order valence-electron chi connectivity index (χ2n) is 7.88. The lowest BCUT2D eigenvalue weighted by atomic mass is 9.94. The molecule has 0 heterocycles. The first-order valence-corrected chi connectivity index (χ1v) is 8.30. The van der Waals surface area contributed by atoms with Gasteiger partial charge in [0.15, 0.2) is 0 Å². The Hall–Kier alpha value is -2.04. The molecule has 0 radical (unpaired) electrons. The molecule has 0 atom stereocenters. The highest BCUT2D eigenvalue weighted by Crippen LogP contribution is 2.21. The summed E-state index contributed by atoms with van der Waals surface area (Å²) in [6.45, 7) is 13.5. The molecule has 1 aromatic rings. The quantitative estimate of drug-likeness (QED) is 0.811. The maximum Gasteiger partial charge on any atom is 0.227 e. The average molecular weight is 334 g/mol. The molecule has 0 aliphatic heterocycles. The summed E-state index contributed by atoms with van der Waals surface area (Å²) in [5, 5.41) is 5.83. The largest absolute Gasteiger partial charge is 0.494 e. The number of amides is 2. The Kier molecular flexibility index (Phi) is 6.41. The van der Waals surface area contributed by atoms with E-state index in [1.54, 1.807) is 0 Å². The van der Waals surface area contributed by atoms with E-state index >= 15 is 0 Å². The van der Waals surface area contributed by atoms with Gasteiger partial charge in [0.2, 0.25) is 11.8 Å². The first-order chi connectivity index (χ1) is 10.9. The number of hydrogen-bond acceptors (Lipinski definition) is 3. The minimum Gasteiger partial charge on any atom is -0.494 e. The third-order valence-electron chi connectivity index (χ3n) is 3.44. The molecule has 134 valence electrons. The molecule has 0 aliphatic carbocycles. The summed E-state index contributed by atoms with van der Waals surface area (Å²) >= 11 is 0. The van der Waals surface area contributed by atoms with Crippen molar-refractivity contribution in [2.75, 3.05) is 6.61 Å². The van der Waals surface area contributed by atoms with Crippen molar-refractivity contribution in [2.24, 2.45) is 10.8 Å². The number of nitrogens with one attached hydrogen (secondary N) is 2. The summed E-state index contributed by atoms with van der Waals surface area (Å²) in [6, 6.07) is 7.36. The lowest BCUT2D eigenvalue weighted by Gasteiger charge is -2.28. The van der Waals surface area contributed by atoms with Crippen molar-refractivity contribution in [3.63, 3.8) is 0 Å². The third kappa shape index (κ3) is 5.87. The van der Waals surface area contributed by atoms with Gasteiger partial charge in [0.05, 0.1) is 6.61 Å². The molecular formula is C19H30N2O3. The van der Waals surface area contributed by atoms with E-state index in [4.69, 9.17) is 4.74 Å². The maximum absolute atomic E-state index is 12.4. The van der Waals surface area contributed by atoms with E-state index in [-0.39, 0.29) is 11.8 Å². The number of carbonyl (C=O) groups is 2. The van der Waals surface area contributed by atoms with Crippen molar-refractivity contribution in [3.8, 4) is 5.75 Å². The van der Waals surface area contributed by atoms with Crippen LogP contribution in [0, 0.1) is 10.8 Å². The van der Waals surface area contributed by atoms with E-state index in [0.717, 1.165) is 11.3 Å². The Bertz CT molecular complexity index is 538. The highest BCUT2D eigenvalue weighted by molar-refractivity contribution is 5.84. The zero-order chi connectivity index (χ0) is 18.5. The van der Waals surface area contributed by atoms with E-state index < -0.39 is 17.0 Å². The van der Waals surface area contributed by atoms with Gasteiger partial charge >= 0.3 is 0 Å². The number of rotatable bonds is 5. The van der Waals surface area contributed by atoms with Gasteiger partial charge in [0.1, 0.15) is 11.9 Å². The minimum atomic E-state index is -0.584. The van der Waals surface area contributed by atoms with Gasteiger partial charge in [-0.25, -0.2) is 0 Å². The number of benzene rings is 1. The standard InChI is InChI=1S/C19H30N2O3/c1-8-24-14-11-9-13(10-12-14)15(20-16(22)18(2,3)4)21-17(23)19(5,6)7/h9-12,15H,8H2,1-7H3,(H,20,22)(H,21,23). The summed E-state index contributed by atoms with van der Waals surface area (Å²) in [6.07, 6.45) is -0.584. The summed E-state index contributed by atoms with van der Waals surface area (Å²) in [5.74, 6) is 0.496. The van der Waals surface area contributed by atoms with Gasteiger partial charge in [-0.3, -0.25) is 9.59 Å². The molecule has 5 heteroatoms. The molecule has 24 heavy (non-hydrogen) atoms. The molecule has 1 rings (SSSR count). The van der Waals surface area contributed by atoms with Crippen LogP contribution in [0.5, 0.6) is 5.75 Å². The van der Waals surface area contributed by atoms with Gasteiger partial charge in [-0.15, -0.1) is 0 Å². The predicted octanol–water partition coefficient (Wildman–Crippen LogP) is 3.41. The average Bonchev–Trinajstić information content (AvgIpc) is 2.45. The van der Waals surface area contributed by atoms with Crippen LogP contribution in [0.15, 0.2) is 24.3 Å². The van der Waals surface area contributed by atoms with Gasteiger partial charge in [0.25, 0.3) is 0 Å². The number of ether oxygens (including phenoxy) is 1. The van der Waals surface area contributed by atoms with Crippen molar-refractivity contribution < 1.29 is 14.3 Å². The molecule has 0 spiro atoms. The summed E-state index contributed by atoms with van der Waals surface area (Å²) in [7, 11) is 0. The fourth-order valence-corrected chi connectivity index (χ4v) is 1.82. The Balaban J connectivity index is 3.03.